The summed E-state index contributed by atoms with van der Waals surface area (Å²) in [4.78, 5) is 15.1. The summed E-state index contributed by atoms with van der Waals surface area (Å²) in [7, 11) is 1.40. The third kappa shape index (κ3) is 1.27. The average molecular weight is 155 g/mol. The maximum Gasteiger partial charge on any atom is 0.333 e. The molecule has 0 spiro atoms. The second kappa shape index (κ2) is 3.03. The lowest BCUT2D eigenvalue weighted by atomic mass is 9.99. The van der Waals surface area contributed by atoms with Crippen LogP contribution in [0.3, 0.4) is 0 Å². The van der Waals surface area contributed by atoms with Crippen LogP contribution in [0.5, 0.6) is 0 Å². The molecule has 0 aliphatic heterocycles. The summed E-state index contributed by atoms with van der Waals surface area (Å²) < 4.78 is 4.66. The predicted molar refractivity (Wildman–Crippen MR) is 42.8 cm³/mol. The number of aliphatic imine (C=N–C) groups is 1. The van der Waals surface area contributed by atoms with Crippen molar-refractivity contribution >= 4 is 12.7 Å². The maximum atomic E-state index is 11.2. The van der Waals surface area contributed by atoms with Crippen molar-refractivity contribution in [1.82, 2.24) is 0 Å². The summed E-state index contributed by atoms with van der Waals surface area (Å²) in [6.45, 7) is 3.43. The molecular formula is C8H13NO2. The molecule has 0 atom stereocenters. The number of rotatable bonds is 2. The molecule has 1 aliphatic carbocycles. The van der Waals surface area contributed by atoms with E-state index in [1.54, 1.807) is 0 Å². The zero-order chi connectivity index (χ0) is 8.32. The highest BCUT2D eigenvalue weighted by Gasteiger charge is 2.40. The molecule has 0 unspecified atom stereocenters. The minimum absolute atomic E-state index is 0.231. The van der Waals surface area contributed by atoms with E-state index in [0.717, 1.165) is 25.7 Å². The molecule has 62 valence electrons. The van der Waals surface area contributed by atoms with Crippen molar-refractivity contribution in [3.05, 3.63) is 0 Å². The van der Waals surface area contributed by atoms with Gasteiger partial charge in [-0.15, -0.1) is 0 Å². The summed E-state index contributed by atoms with van der Waals surface area (Å²) in [6.07, 6.45) is 3.69. The van der Waals surface area contributed by atoms with Crippen LogP contribution >= 0.6 is 0 Å². The number of methoxy groups -OCH3 is 1. The van der Waals surface area contributed by atoms with Gasteiger partial charge in [0.25, 0.3) is 0 Å². The first-order valence-electron chi connectivity index (χ1n) is 3.81. The van der Waals surface area contributed by atoms with E-state index >= 15 is 0 Å². The Labute approximate surface area is 66.5 Å². The summed E-state index contributed by atoms with van der Waals surface area (Å²) >= 11 is 0. The molecule has 1 rings (SSSR count). The van der Waals surface area contributed by atoms with E-state index in [1.807, 2.05) is 0 Å². The fourth-order valence-electron chi connectivity index (χ4n) is 1.58. The largest absolute Gasteiger partial charge is 0.467 e. The molecule has 0 bridgehead atoms. The topological polar surface area (TPSA) is 38.7 Å². The fourth-order valence-corrected chi connectivity index (χ4v) is 1.58. The van der Waals surface area contributed by atoms with E-state index < -0.39 is 5.54 Å². The molecule has 3 heteroatoms. The van der Waals surface area contributed by atoms with E-state index in [9.17, 15) is 4.79 Å². The average Bonchev–Trinajstić information content (AvgIpc) is 2.52. The summed E-state index contributed by atoms with van der Waals surface area (Å²) in [5.74, 6) is -0.231. The summed E-state index contributed by atoms with van der Waals surface area (Å²) in [5.41, 5.74) is -0.602. The molecule has 1 saturated carbocycles. The van der Waals surface area contributed by atoms with Gasteiger partial charge < -0.3 is 4.74 Å². The van der Waals surface area contributed by atoms with Gasteiger partial charge in [0.1, 0.15) is 0 Å². The molecule has 0 saturated heterocycles. The fraction of sp³-hybridized carbons (Fsp3) is 0.750. The monoisotopic (exact) mass is 155 g/mol. The van der Waals surface area contributed by atoms with Crippen molar-refractivity contribution in [3.8, 4) is 0 Å². The summed E-state index contributed by atoms with van der Waals surface area (Å²) in [6, 6.07) is 0. The van der Waals surface area contributed by atoms with E-state index in [2.05, 4.69) is 16.4 Å². The predicted octanol–water partition coefficient (Wildman–Crippen LogP) is 1.17. The Bertz CT molecular complexity index is 171. The quantitative estimate of drug-likeness (QED) is 0.443. The number of hydrogen-bond donors (Lipinski definition) is 0. The van der Waals surface area contributed by atoms with Gasteiger partial charge in [-0.3, -0.25) is 4.99 Å². The first-order valence-corrected chi connectivity index (χ1v) is 3.81. The molecular weight excluding hydrogens is 142 g/mol. The molecule has 0 radical (unpaired) electrons. The minimum atomic E-state index is -0.602. The molecule has 0 aromatic carbocycles. The van der Waals surface area contributed by atoms with Gasteiger partial charge in [-0.2, -0.15) is 0 Å². The van der Waals surface area contributed by atoms with Crippen LogP contribution < -0.4 is 0 Å². The SMILES string of the molecule is C=NC1(C(=O)OC)CCCC1. The minimum Gasteiger partial charge on any atom is -0.467 e. The van der Waals surface area contributed by atoms with Gasteiger partial charge in [0.15, 0.2) is 5.54 Å². The zero-order valence-corrected chi connectivity index (χ0v) is 6.80. The number of carbonyl (C=O) groups excluding carboxylic acids is 1. The molecule has 1 fully saturated rings. The van der Waals surface area contributed by atoms with E-state index in [4.69, 9.17) is 0 Å². The highest BCUT2D eigenvalue weighted by atomic mass is 16.5. The number of hydrogen-bond acceptors (Lipinski definition) is 3. The smallest absolute Gasteiger partial charge is 0.333 e. The Hall–Kier alpha value is -0.860. The first-order chi connectivity index (χ1) is 5.25. The highest BCUT2D eigenvalue weighted by Crippen LogP contribution is 2.33. The van der Waals surface area contributed by atoms with Gasteiger partial charge in [0.05, 0.1) is 7.11 Å². The molecule has 11 heavy (non-hydrogen) atoms. The summed E-state index contributed by atoms with van der Waals surface area (Å²) in [5, 5.41) is 0. The molecule has 1 aliphatic rings. The number of esters is 1. The maximum absolute atomic E-state index is 11.2. The van der Waals surface area contributed by atoms with Crippen LogP contribution in [0, 0.1) is 0 Å². The number of ether oxygens (including phenoxy) is 1. The second-order valence-corrected chi connectivity index (χ2v) is 2.89. The van der Waals surface area contributed by atoms with Crippen LogP contribution in [0.15, 0.2) is 4.99 Å². The zero-order valence-electron chi connectivity index (χ0n) is 6.80. The van der Waals surface area contributed by atoms with Crippen molar-refractivity contribution in [2.75, 3.05) is 7.11 Å². The van der Waals surface area contributed by atoms with E-state index in [0.29, 0.717) is 0 Å². The molecule has 0 aromatic heterocycles. The Balaban J connectivity index is 2.74. The van der Waals surface area contributed by atoms with Crippen LogP contribution in [0.2, 0.25) is 0 Å². The van der Waals surface area contributed by atoms with Crippen molar-refractivity contribution in [1.29, 1.82) is 0 Å². The van der Waals surface area contributed by atoms with Crippen LogP contribution in [-0.2, 0) is 9.53 Å². The van der Waals surface area contributed by atoms with Gasteiger partial charge in [-0.05, 0) is 19.6 Å². The van der Waals surface area contributed by atoms with Crippen LogP contribution in [0.1, 0.15) is 25.7 Å². The lowest BCUT2D eigenvalue weighted by Gasteiger charge is -2.19. The van der Waals surface area contributed by atoms with Gasteiger partial charge in [-0.25, -0.2) is 4.79 Å². The van der Waals surface area contributed by atoms with Crippen LogP contribution in [0.4, 0.5) is 0 Å². The molecule has 0 N–H and O–H groups in total. The third-order valence-electron chi connectivity index (χ3n) is 2.30. The third-order valence-corrected chi connectivity index (χ3v) is 2.30. The normalized spacial score (nSPS) is 21.2. The first kappa shape index (κ1) is 8.24. The molecule has 3 nitrogen and oxygen atoms in total. The Kier molecular flexibility index (Phi) is 2.27. The van der Waals surface area contributed by atoms with E-state index in [1.165, 1.54) is 7.11 Å². The van der Waals surface area contributed by atoms with Gasteiger partial charge >= 0.3 is 5.97 Å². The molecule has 0 aromatic rings. The lowest BCUT2D eigenvalue weighted by molar-refractivity contribution is -0.146. The Morgan fingerprint density at radius 3 is 2.45 bits per heavy atom. The molecule has 0 heterocycles. The van der Waals surface area contributed by atoms with Gasteiger partial charge in [0, 0.05) is 0 Å². The van der Waals surface area contributed by atoms with Crippen molar-refractivity contribution in [3.63, 3.8) is 0 Å². The molecule has 0 amide bonds. The van der Waals surface area contributed by atoms with Crippen molar-refractivity contribution in [2.24, 2.45) is 4.99 Å². The van der Waals surface area contributed by atoms with Crippen LogP contribution in [0.25, 0.3) is 0 Å². The van der Waals surface area contributed by atoms with Crippen LogP contribution in [-0.4, -0.2) is 25.3 Å². The highest BCUT2D eigenvalue weighted by molar-refractivity contribution is 5.82. The Morgan fingerprint density at radius 1 is 1.55 bits per heavy atom. The Morgan fingerprint density at radius 2 is 2.09 bits per heavy atom. The lowest BCUT2D eigenvalue weighted by Crippen LogP contribution is -2.34. The van der Waals surface area contributed by atoms with Crippen molar-refractivity contribution in [2.45, 2.75) is 31.2 Å². The van der Waals surface area contributed by atoms with E-state index in [-0.39, 0.29) is 5.97 Å². The number of carbonyl (C=O) groups is 1. The second-order valence-electron chi connectivity index (χ2n) is 2.89. The standard InChI is InChI=1S/C8H13NO2/c1-9-8(7(10)11-2)5-3-4-6-8/h1,3-6H2,2H3. The van der Waals surface area contributed by atoms with Gasteiger partial charge in [0.2, 0.25) is 0 Å². The number of nitrogens with zero attached hydrogens (tertiary/aromatic N) is 1. The van der Waals surface area contributed by atoms with Gasteiger partial charge in [-0.1, -0.05) is 12.8 Å². The van der Waals surface area contributed by atoms with Crippen molar-refractivity contribution < 1.29 is 9.53 Å².